The van der Waals surface area contributed by atoms with Crippen molar-refractivity contribution in [3.8, 4) is 0 Å². The maximum Gasteiger partial charge on any atom is 0.413 e. The van der Waals surface area contributed by atoms with Crippen molar-refractivity contribution in [3.05, 3.63) is 12.7 Å². The summed E-state index contributed by atoms with van der Waals surface area (Å²) in [6, 6.07) is 0. The van der Waals surface area contributed by atoms with Crippen LogP contribution in [0.2, 0.25) is 0 Å². The fourth-order valence-electron chi connectivity index (χ4n) is 2.60. The highest BCUT2D eigenvalue weighted by Gasteiger charge is 2.35. The zero-order chi connectivity index (χ0) is 18.2. The van der Waals surface area contributed by atoms with Gasteiger partial charge in [0, 0.05) is 6.42 Å². The van der Waals surface area contributed by atoms with Crippen molar-refractivity contribution < 1.29 is 24.5 Å². The molecule has 1 saturated heterocycles. The molecule has 3 rings (SSSR count). The molecule has 1 aliphatic heterocycles. The molecule has 0 bridgehead atoms. The quantitative estimate of drug-likeness (QED) is 0.740. The smallest absolute Gasteiger partial charge is 0.413 e. The number of nitrogens with zero attached hydrogens (tertiary/aromatic N) is 4. The van der Waals surface area contributed by atoms with Gasteiger partial charge in [-0.1, -0.05) is 0 Å². The van der Waals surface area contributed by atoms with Crippen LogP contribution in [0, 0.1) is 0 Å². The van der Waals surface area contributed by atoms with Crippen LogP contribution in [0.25, 0.3) is 11.2 Å². The Balaban J connectivity index is 1.84. The number of imidazole rings is 1. The molecule has 3 N–H and O–H groups in total. The second-order valence-corrected chi connectivity index (χ2v) is 6.79. The summed E-state index contributed by atoms with van der Waals surface area (Å²) in [5.74, 6) is 0.218. The van der Waals surface area contributed by atoms with Crippen molar-refractivity contribution >= 4 is 23.1 Å². The molecule has 0 spiro atoms. The molecule has 25 heavy (non-hydrogen) atoms. The van der Waals surface area contributed by atoms with Gasteiger partial charge >= 0.3 is 6.09 Å². The van der Waals surface area contributed by atoms with Crippen LogP contribution in [0.5, 0.6) is 0 Å². The SMILES string of the molecule is CC(C)(C)OC(=O)Nc1ncnc2c1ncn2[C@H]1C[C@H](O)[C@@H](CO)O1. The Morgan fingerprint density at radius 2 is 2.20 bits per heavy atom. The predicted octanol–water partition coefficient (Wildman–Crippen LogP) is 0.814. The lowest BCUT2D eigenvalue weighted by atomic mass is 10.2. The molecule has 136 valence electrons. The van der Waals surface area contributed by atoms with E-state index >= 15 is 0 Å². The first-order chi connectivity index (χ1) is 11.8. The molecule has 3 atom stereocenters. The average Bonchev–Trinajstić information content (AvgIpc) is 3.09. The van der Waals surface area contributed by atoms with E-state index in [0.29, 0.717) is 17.6 Å². The molecular formula is C15H21N5O5. The van der Waals surface area contributed by atoms with Gasteiger partial charge in [0.15, 0.2) is 17.0 Å². The van der Waals surface area contributed by atoms with E-state index in [0.717, 1.165) is 0 Å². The van der Waals surface area contributed by atoms with Gasteiger partial charge in [0.2, 0.25) is 0 Å². The van der Waals surface area contributed by atoms with Gasteiger partial charge in [0.05, 0.1) is 19.0 Å². The van der Waals surface area contributed by atoms with Crippen LogP contribution in [0.4, 0.5) is 10.6 Å². The first-order valence-electron chi connectivity index (χ1n) is 7.90. The summed E-state index contributed by atoms with van der Waals surface area (Å²) < 4.78 is 12.5. The minimum absolute atomic E-state index is 0.218. The van der Waals surface area contributed by atoms with E-state index < -0.39 is 30.1 Å². The van der Waals surface area contributed by atoms with Crippen molar-refractivity contribution in [2.75, 3.05) is 11.9 Å². The zero-order valence-electron chi connectivity index (χ0n) is 14.2. The topological polar surface area (TPSA) is 132 Å². The number of carbonyl (C=O) groups is 1. The summed E-state index contributed by atoms with van der Waals surface area (Å²) in [7, 11) is 0. The van der Waals surface area contributed by atoms with Crippen LogP contribution in [0.1, 0.15) is 33.4 Å². The number of rotatable bonds is 3. The van der Waals surface area contributed by atoms with Crippen LogP contribution in [-0.4, -0.2) is 60.2 Å². The number of nitrogens with one attached hydrogen (secondary N) is 1. The maximum absolute atomic E-state index is 11.9. The van der Waals surface area contributed by atoms with Crippen LogP contribution in [0.3, 0.4) is 0 Å². The third-order valence-corrected chi connectivity index (χ3v) is 3.67. The van der Waals surface area contributed by atoms with Crippen molar-refractivity contribution in [2.45, 2.75) is 51.2 Å². The van der Waals surface area contributed by atoms with E-state index in [9.17, 15) is 15.0 Å². The third-order valence-electron chi connectivity index (χ3n) is 3.67. The Morgan fingerprint density at radius 1 is 1.44 bits per heavy atom. The van der Waals surface area contributed by atoms with E-state index in [1.165, 1.54) is 12.7 Å². The lowest BCUT2D eigenvalue weighted by Gasteiger charge is -2.19. The summed E-state index contributed by atoms with van der Waals surface area (Å²) in [4.78, 5) is 24.4. The van der Waals surface area contributed by atoms with Crippen molar-refractivity contribution in [3.63, 3.8) is 0 Å². The highest BCUT2D eigenvalue weighted by Crippen LogP contribution is 2.31. The zero-order valence-corrected chi connectivity index (χ0v) is 14.2. The Hall–Kier alpha value is -2.30. The van der Waals surface area contributed by atoms with Gasteiger partial charge in [-0.3, -0.25) is 9.88 Å². The number of hydrogen-bond donors (Lipinski definition) is 3. The lowest BCUT2D eigenvalue weighted by Crippen LogP contribution is -2.27. The molecular weight excluding hydrogens is 330 g/mol. The van der Waals surface area contributed by atoms with E-state index in [4.69, 9.17) is 9.47 Å². The molecule has 0 unspecified atom stereocenters. The summed E-state index contributed by atoms with van der Waals surface area (Å²) >= 11 is 0. The van der Waals surface area contributed by atoms with E-state index in [2.05, 4.69) is 20.3 Å². The van der Waals surface area contributed by atoms with Crippen molar-refractivity contribution in [1.29, 1.82) is 0 Å². The number of fused-ring (bicyclic) bond motifs is 1. The van der Waals surface area contributed by atoms with Gasteiger partial charge in [-0.05, 0) is 20.8 Å². The first-order valence-corrected chi connectivity index (χ1v) is 7.90. The monoisotopic (exact) mass is 351 g/mol. The lowest BCUT2D eigenvalue weighted by molar-refractivity contribution is -0.0432. The Labute approximate surface area is 143 Å². The average molecular weight is 351 g/mol. The number of aromatic nitrogens is 4. The summed E-state index contributed by atoms with van der Waals surface area (Å²) in [6.45, 7) is 5.01. The number of aliphatic hydroxyl groups excluding tert-OH is 2. The number of amides is 1. The van der Waals surface area contributed by atoms with Gasteiger partial charge in [0.1, 0.15) is 24.3 Å². The highest BCUT2D eigenvalue weighted by atomic mass is 16.6. The predicted molar refractivity (Wildman–Crippen MR) is 86.8 cm³/mol. The summed E-state index contributed by atoms with van der Waals surface area (Å²) in [5, 5.41) is 21.6. The summed E-state index contributed by atoms with van der Waals surface area (Å²) in [6.07, 6.45) is 0.516. The summed E-state index contributed by atoms with van der Waals surface area (Å²) in [5.41, 5.74) is 0.179. The van der Waals surface area contributed by atoms with Gasteiger partial charge in [-0.15, -0.1) is 0 Å². The molecule has 3 heterocycles. The molecule has 0 saturated carbocycles. The van der Waals surface area contributed by atoms with Gasteiger partial charge in [0.25, 0.3) is 0 Å². The molecule has 2 aromatic heterocycles. The molecule has 0 aliphatic carbocycles. The second-order valence-electron chi connectivity index (χ2n) is 6.79. The van der Waals surface area contributed by atoms with Crippen LogP contribution in [0.15, 0.2) is 12.7 Å². The van der Waals surface area contributed by atoms with Crippen LogP contribution in [-0.2, 0) is 9.47 Å². The van der Waals surface area contributed by atoms with Crippen LogP contribution < -0.4 is 5.32 Å². The molecule has 10 heteroatoms. The molecule has 1 aliphatic rings. The van der Waals surface area contributed by atoms with Gasteiger partial charge in [-0.2, -0.15) is 0 Å². The van der Waals surface area contributed by atoms with E-state index in [1.807, 2.05) is 0 Å². The molecule has 0 aromatic carbocycles. The van der Waals surface area contributed by atoms with E-state index in [-0.39, 0.29) is 12.4 Å². The Kier molecular flexibility index (Phi) is 4.58. The molecule has 0 radical (unpaired) electrons. The minimum atomic E-state index is -0.770. The third kappa shape index (κ3) is 3.70. The van der Waals surface area contributed by atoms with Crippen molar-refractivity contribution in [2.24, 2.45) is 0 Å². The molecule has 1 amide bonds. The first kappa shape index (κ1) is 17.5. The van der Waals surface area contributed by atoms with E-state index in [1.54, 1.807) is 25.3 Å². The van der Waals surface area contributed by atoms with Gasteiger partial charge in [-0.25, -0.2) is 19.7 Å². The Morgan fingerprint density at radius 3 is 2.84 bits per heavy atom. The fraction of sp³-hybridized carbons (Fsp3) is 0.600. The number of ether oxygens (including phenoxy) is 2. The number of hydrogen-bond acceptors (Lipinski definition) is 8. The fourth-order valence-corrected chi connectivity index (χ4v) is 2.60. The number of carbonyl (C=O) groups excluding carboxylic acids is 1. The maximum atomic E-state index is 11.9. The second kappa shape index (κ2) is 6.54. The Bertz CT molecular complexity index is 771. The highest BCUT2D eigenvalue weighted by molar-refractivity contribution is 5.93. The largest absolute Gasteiger partial charge is 0.444 e. The molecule has 10 nitrogen and oxygen atoms in total. The van der Waals surface area contributed by atoms with Crippen LogP contribution >= 0.6 is 0 Å². The number of aliphatic hydroxyl groups is 2. The number of anilines is 1. The normalized spacial score (nSPS) is 23.8. The van der Waals surface area contributed by atoms with Gasteiger partial charge < -0.3 is 19.7 Å². The van der Waals surface area contributed by atoms with Crippen molar-refractivity contribution in [1.82, 2.24) is 19.5 Å². The molecule has 2 aromatic rings. The minimum Gasteiger partial charge on any atom is -0.444 e. The molecule has 1 fully saturated rings. The standard InChI is InChI=1S/C15H21N5O5/c1-15(2,3)25-14(23)19-12-11-13(17-6-16-12)20(7-18-11)10-4-8(22)9(5-21)24-10/h6-10,21-22H,4-5H2,1-3H3,(H,16,17,19,23)/t8-,9+,10+/m0/s1.